The molecule has 0 bridgehead atoms. The lowest BCUT2D eigenvalue weighted by molar-refractivity contribution is 0.302. The van der Waals surface area contributed by atoms with Crippen LogP contribution in [0.1, 0.15) is 80.9 Å². The molecule has 0 aromatic heterocycles. The number of rotatable bonds is 5. The minimum Gasteiger partial charge on any atom is -0.206 e. The van der Waals surface area contributed by atoms with Crippen molar-refractivity contribution in [1.82, 2.24) is 0 Å². The highest BCUT2D eigenvalue weighted by Gasteiger charge is 2.24. The van der Waals surface area contributed by atoms with Crippen molar-refractivity contribution in [2.45, 2.75) is 64.2 Å². The van der Waals surface area contributed by atoms with Crippen LogP contribution in [0.4, 0.5) is 22.0 Å². The molecule has 178 valence electrons. The smallest absolute Gasteiger partial charge is 0.195 e. The Balaban J connectivity index is 1.50. The van der Waals surface area contributed by atoms with Crippen LogP contribution >= 0.6 is 0 Å². The maximum atomic E-state index is 14.8. The van der Waals surface area contributed by atoms with Crippen LogP contribution in [0.15, 0.2) is 36.4 Å². The summed E-state index contributed by atoms with van der Waals surface area (Å²) in [6.45, 7) is 2.19. The van der Waals surface area contributed by atoms with E-state index in [0.29, 0.717) is 17.0 Å². The van der Waals surface area contributed by atoms with Crippen LogP contribution in [0, 0.1) is 46.8 Å². The minimum absolute atomic E-state index is 0.0914. The number of halogens is 5. The zero-order chi connectivity index (χ0) is 24.2. The summed E-state index contributed by atoms with van der Waals surface area (Å²) in [5.41, 5.74) is 0.641. The van der Waals surface area contributed by atoms with Crippen LogP contribution in [0.25, 0.3) is 10.8 Å². The maximum Gasteiger partial charge on any atom is 0.195 e. The largest absolute Gasteiger partial charge is 0.206 e. The van der Waals surface area contributed by atoms with Gasteiger partial charge in [0.2, 0.25) is 0 Å². The Bertz CT molecular complexity index is 1220. The monoisotopic (exact) mass is 470 g/mol. The number of hydrogen-bond donors (Lipinski definition) is 0. The molecular weight excluding hydrogens is 443 g/mol. The van der Waals surface area contributed by atoms with Crippen LogP contribution in [0.5, 0.6) is 0 Å². The molecule has 1 fully saturated rings. The van der Waals surface area contributed by atoms with Gasteiger partial charge in [0.1, 0.15) is 11.6 Å². The molecule has 0 heterocycles. The highest BCUT2D eigenvalue weighted by Crippen LogP contribution is 2.38. The lowest BCUT2D eigenvalue weighted by atomic mass is 9.77. The normalized spacial score (nSPS) is 18.1. The summed E-state index contributed by atoms with van der Waals surface area (Å²) in [7, 11) is 0. The summed E-state index contributed by atoms with van der Waals surface area (Å²) in [6.07, 6.45) is 9.00. The van der Waals surface area contributed by atoms with Crippen LogP contribution in [0.2, 0.25) is 0 Å². The minimum atomic E-state index is -1.54. The van der Waals surface area contributed by atoms with Gasteiger partial charge >= 0.3 is 0 Å². The summed E-state index contributed by atoms with van der Waals surface area (Å²) in [4.78, 5) is 0. The SMILES string of the molecule is CCCCCC1CCC(c2cc(F)c(C#Cc3ccc4c(F)c(F)c(F)cc4c3)c(F)c2)CC1. The first-order valence-corrected chi connectivity index (χ1v) is 12.0. The van der Waals surface area contributed by atoms with E-state index in [1.807, 2.05) is 0 Å². The van der Waals surface area contributed by atoms with Gasteiger partial charge in [0.15, 0.2) is 17.5 Å². The summed E-state index contributed by atoms with van der Waals surface area (Å²) in [5.74, 6) is 0.459. The molecule has 4 rings (SSSR count). The molecule has 5 heteroatoms. The highest BCUT2D eigenvalue weighted by molar-refractivity contribution is 5.84. The average molecular weight is 471 g/mol. The second kappa shape index (κ2) is 10.6. The molecule has 3 aromatic rings. The van der Waals surface area contributed by atoms with Gasteiger partial charge in [-0.3, -0.25) is 0 Å². The third-order valence-corrected chi connectivity index (χ3v) is 6.90. The van der Waals surface area contributed by atoms with Crippen molar-refractivity contribution in [3.8, 4) is 11.8 Å². The van der Waals surface area contributed by atoms with Gasteiger partial charge in [0.25, 0.3) is 0 Å². The fraction of sp³-hybridized carbons (Fsp3) is 0.379. The maximum absolute atomic E-state index is 14.8. The molecule has 1 aliphatic rings. The van der Waals surface area contributed by atoms with E-state index in [1.54, 1.807) is 0 Å². The lowest BCUT2D eigenvalue weighted by Crippen LogP contribution is -2.14. The van der Waals surface area contributed by atoms with E-state index in [1.165, 1.54) is 56.0 Å². The quantitative estimate of drug-likeness (QED) is 0.151. The summed E-state index contributed by atoms with van der Waals surface area (Å²) < 4.78 is 70.4. The first kappa shape index (κ1) is 24.3. The second-order valence-electron chi connectivity index (χ2n) is 9.25. The molecule has 0 radical (unpaired) electrons. The Labute approximate surface area is 197 Å². The molecule has 1 saturated carbocycles. The first-order chi connectivity index (χ1) is 16.4. The zero-order valence-corrected chi connectivity index (χ0v) is 19.2. The van der Waals surface area contributed by atoms with Crippen molar-refractivity contribution < 1.29 is 22.0 Å². The molecule has 0 saturated heterocycles. The van der Waals surface area contributed by atoms with Gasteiger partial charge < -0.3 is 0 Å². The molecule has 0 nitrogen and oxygen atoms in total. The number of fused-ring (bicyclic) bond motifs is 1. The van der Waals surface area contributed by atoms with Gasteiger partial charge in [-0.1, -0.05) is 50.5 Å². The zero-order valence-electron chi connectivity index (χ0n) is 19.2. The van der Waals surface area contributed by atoms with Gasteiger partial charge in [-0.25, -0.2) is 22.0 Å². The number of hydrogen-bond acceptors (Lipinski definition) is 0. The molecule has 0 unspecified atom stereocenters. The third kappa shape index (κ3) is 5.27. The molecule has 0 atom stereocenters. The van der Waals surface area contributed by atoms with Crippen LogP contribution < -0.4 is 0 Å². The highest BCUT2D eigenvalue weighted by atomic mass is 19.2. The second-order valence-corrected chi connectivity index (χ2v) is 9.25. The van der Waals surface area contributed by atoms with E-state index < -0.39 is 29.1 Å². The third-order valence-electron chi connectivity index (χ3n) is 6.90. The topological polar surface area (TPSA) is 0 Å². The predicted octanol–water partition coefficient (Wildman–Crippen LogP) is 8.79. The van der Waals surface area contributed by atoms with Crippen LogP contribution in [-0.4, -0.2) is 0 Å². The lowest BCUT2D eigenvalue weighted by Gasteiger charge is -2.29. The Morgan fingerprint density at radius 3 is 2.15 bits per heavy atom. The predicted molar refractivity (Wildman–Crippen MR) is 125 cm³/mol. The van der Waals surface area contributed by atoms with Gasteiger partial charge in [-0.2, -0.15) is 0 Å². The number of unbranched alkanes of at least 4 members (excludes halogenated alkanes) is 2. The first-order valence-electron chi connectivity index (χ1n) is 12.0. The fourth-order valence-corrected chi connectivity index (χ4v) is 4.93. The molecule has 1 aliphatic carbocycles. The van der Waals surface area contributed by atoms with Crippen LogP contribution in [0.3, 0.4) is 0 Å². The fourth-order valence-electron chi connectivity index (χ4n) is 4.93. The van der Waals surface area contributed by atoms with E-state index in [2.05, 4.69) is 18.8 Å². The Hall–Kier alpha value is -2.87. The molecule has 0 amide bonds. The molecule has 0 N–H and O–H groups in total. The van der Waals surface area contributed by atoms with Gasteiger partial charge in [0.05, 0.1) is 5.56 Å². The molecule has 34 heavy (non-hydrogen) atoms. The van der Waals surface area contributed by atoms with E-state index >= 15 is 0 Å². The summed E-state index contributed by atoms with van der Waals surface area (Å²) >= 11 is 0. The van der Waals surface area contributed by atoms with Gasteiger partial charge in [-0.15, -0.1) is 0 Å². The van der Waals surface area contributed by atoms with E-state index in [-0.39, 0.29) is 22.3 Å². The van der Waals surface area contributed by atoms with Crippen molar-refractivity contribution >= 4 is 10.8 Å². The summed E-state index contributed by atoms with van der Waals surface area (Å²) in [5, 5.41) is 0.0241. The van der Waals surface area contributed by atoms with E-state index in [4.69, 9.17) is 0 Å². The van der Waals surface area contributed by atoms with Crippen molar-refractivity contribution in [2.24, 2.45) is 5.92 Å². The Kier molecular flexibility index (Phi) is 7.56. The standard InChI is InChI=1S/C29H27F5/c1-2-3-4-5-18-6-10-20(11-7-18)21-15-25(30)24(26(31)16-21)13-9-19-8-12-23-22(14-19)17-27(32)29(34)28(23)33/h8,12,14-18,20H,2-7,10-11H2,1H3. The molecule has 0 spiro atoms. The molecule has 0 aliphatic heterocycles. The average Bonchev–Trinajstić information content (AvgIpc) is 2.82. The van der Waals surface area contributed by atoms with E-state index in [0.717, 1.165) is 31.7 Å². The molecular formula is C29H27F5. The van der Waals surface area contributed by atoms with Crippen LogP contribution in [-0.2, 0) is 0 Å². The molecule has 3 aromatic carbocycles. The Morgan fingerprint density at radius 1 is 0.765 bits per heavy atom. The Morgan fingerprint density at radius 2 is 1.47 bits per heavy atom. The van der Waals surface area contributed by atoms with Crippen molar-refractivity contribution in [3.63, 3.8) is 0 Å². The van der Waals surface area contributed by atoms with Crippen molar-refractivity contribution in [2.75, 3.05) is 0 Å². The van der Waals surface area contributed by atoms with Crippen molar-refractivity contribution in [3.05, 3.63) is 82.2 Å². The number of benzene rings is 3. The van der Waals surface area contributed by atoms with Crippen molar-refractivity contribution in [1.29, 1.82) is 0 Å². The van der Waals surface area contributed by atoms with Gasteiger partial charge in [0, 0.05) is 10.9 Å². The summed E-state index contributed by atoms with van der Waals surface area (Å²) in [6, 6.07) is 7.65. The van der Waals surface area contributed by atoms with Gasteiger partial charge in [-0.05, 0) is 78.8 Å². The van der Waals surface area contributed by atoms with E-state index in [9.17, 15) is 22.0 Å².